The molecule has 0 spiro atoms. The molecule has 0 aliphatic heterocycles. The molecular weight excluding hydrogens is 356 g/mol. The summed E-state index contributed by atoms with van der Waals surface area (Å²) in [6.45, 7) is 2.05. The standard InChI is InChI=1S/C18H15BrN2S/c1-13(9-15-5-4-8-22-15)10-17(14(11-20)12-21)16-6-2-3-7-18(16)19/h2-9,14,17H,10H2,1H3/b13-9+/t17-/m0/s1. The number of hydrogen-bond acceptors (Lipinski definition) is 3. The van der Waals surface area contributed by atoms with Crippen LogP contribution in [0, 0.1) is 28.6 Å². The zero-order chi connectivity index (χ0) is 15.9. The largest absolute Gasteiger partial charge is 0.197 e. The van der Waals surface area contributed by atoms with Gasteiger partial charge in [-0.25, -0.2) is 0 Å². The van der Waals surface area contributed by atoms with Crippen molar-refractivity contribution in [3.8, 4) is 12.1 Å². The predicted octanol–water partition coefficient (Wildman–Crippen LogP) is 5.75. The molecule has 0 aliphatic rings. The zero-order valence-corrected chi connectivity index (χ0v) is 14.6. The van der Waals surface area contributed by atoms with E-state index in [2.05, 4.69) is 47.1 Å². The molecule has 0 bridgehead atoms. The molecule has 2 rings (SSSR count). The maximum Gasteiger partial charge on any atom is 0.140 e. The Bertz CT molecular complexity index is 721. The van der Waals surface area contributed by atoms with E-state index in [1.165, 1.54) is 10.5 Å². The van der Waals surface area contributed by atoms with Crippen LogP contribution in [0.5, 0.6) is 0 Å². The van der Waals surface area contributed by atoms with Gasteiger partial charge < -0.3 is 0 Å². The normalized spacial score (nSPS) is 12.7. The van der Waals surface area contributed by atoms with Crippen LogP contribution in [0.4, 0.5) is 0 Å². The molecular formula is C18H15BrN2S. The highest BCUT2D eigenvalue weighted by Gasteiger charge is 2.25. The number of nitrogens with zero attached hydrogens (tertiary/aromatic N) is 2. The van der Waals surface area contributed by atoms with Crippen molar-refractivity contribution in [1.29, 1.82) is 10.5 Å². The molecule has 0 N–H and O–H groups in total. The maximum absolute atomic E-state index is 9.31. The summed E-state index contributed by atoms with van der Waals surface area (Å²) >= 11 is 5.22. The minimum atomic E-state index is -0.662. The fourth-order valence-corrected chi connectivity index (χ4v) is 3.73. The molecule has 0 saturated heterocycles. The van der Waals surface area contributed by atoms with Gasteiger partial charge in [-0.3, -0.25) is 0 Å². The van der Waals surface area contributed by atoms with Gasteiger partial charge in [-0.05, 0) is 42.5 Å². The third-order valence-corrected chi connectivity index (χ3v) is 5.00. The Morgan fingerprint density at radius 1 is 1.23 bits per heavy atom. The Morgan fingerprint density at radius 2 is 1.95 bits per heavy atom. The van der Waals surface area contributed by atoms with E-state index in [9.17, 15) is 10.5 Å². The van der Waals surface area contributed by atoms with Gasteiger partial charge >= 0.3 is 0 Å². The predicted molar refractivity (Wildman–Crippen MR) is 94.2 cm³/mol. The van der Waals surface area contributed by atoms with Crippen molar-refractivity contribution in [2.45, 2.75) is 19.3 Å². The van der Waals surface area contributed by atoms with Gasteiger partial charge in [0.1, 0.15) is 5.92 Å². The molecule has 1 aromatic carbocycles. The van der Waals surface area contributed by atoms with E-state index in [4.69, 9.17) is 0 Å². The van der Waals surface area contributed by atoms with Crippen molar-refractivity contribution < 1.29 is 0 Å². The Balaban J connectivity index is 2.32. The highest BCUT2D eigenvalue weighted by molar-refractivity contribution is 9.10. The van der Waals surface area contributed by atoms with Gasteiger partial charge in [0.15, 0.2) is 0 Å². The fourth-order valence-electron chi connectivity index (χ4n) is 2.41. The minimum Gasteiger partial charge on any atom is -0.197 e. The Labute approximate surface area is 143 Å². The van der Waals surface area contributed by atoms with E-state index in [1.807, 2.05) is 35.7 Å². The van der Waals surface area contributed by atoms with Crippen LogP contribution in [0.25, 0.3) is 6.08 Å². The molecule has 0 aliphatic carbocycles. The SMILES string of the molecule is C/C(=C\c1cccs1)C[C@H](c1ccccc1Br)C(C#N)C#N. The number of thiophene rings is 1. The molecule has 0 radical (unpaired) electrons. The van der Waals surface area contributed by atoms with Gasteiger partial charge in [0, 0.05) is 15.3 Å². The zero-order valence-electron chi connectivity index (χ0n) is 12.2. The Hall–Kier alpha value is -1.88. The summed E-state index contributed by atoms with van der Waals surface area (Å²) in [5.74, 6) is -0.799. The summed E-state index contributed by atoms with van der Waals surface area (Å²) in [6.07, 6.45) is 2.81. The second-order valence-electron chi connectivity index (χ2n) is 5.07. The lowest BCUT2D eigenvalue weighted by Crippen LogP contribution is -2.11. The summed E-state index contributed by atoms with van der Waals surface area (Å²) in [5.41, 5.74) is 2.17. The Morgan fingerprint density at radius 3 is 2.55 bits per heavy atom. The van der Waals surface area contributed by atoms with E-state index in [0.29, 0.717) is 6.42 Å². The van der Waals surface area contributed by atoms with Crippen LogP contribution in [0.3, 0.4) is 0 Å². The number of nitriles is 2. The third kappa shape index (κ3) is 4.07. The van der Waals surface area contributed by atoms with Crippen molar-refractivity contribution in [1.82, 2.24) is 0 Å². The van der Waals surface area contributed by atoms with Crippen molar-refractivity contribution in [2.75, 3.05) is 0 Å². The van der Waals surface area contributed by atoms with Crippen LogP contribution in [0.15, 0.2) is 51.8 Å². The summed E-state index contributed by atoms with van der Waals surface area (Å²) < 4.78 is 0.944. The first-order chi connectivity index (χ1) is 10.7. The van der Waals surface area contributed by atoms with E-state index in [1.54, 1.807) is 11.3 Å². The van der Waals surface area contributed by atoms with Crippen LogP contribution in [-0.2, 0) is 0 Å². The third-order valence-electron chi connectivity index (χ3n) is 3.46. The molecule has 110 valence electrons. The van der Waals surface area contributed by atoms with Crippen molar-refractivity contribution in [3.05, 3.63) is 62.3 Å². The fraction of sp³-hybridized carbons (Fsp3) is 0.222. The van der Waals surface area contributed by atoms with Crippen molar-refractivity contribution in [3.63, 3.8) is 0 Å². The molecule has 0 fully saturated rings. The quantitative estimate of drug-likeness (QED) is 0.672. The average Bonchev–Trinajstić information content (AvgIpc) is 3.01. The van der Waals surface area contributed by atoms with Crippen LogP contribution >= 0.6 is 27.3 Å². The van der Waals surface area contributed by atoms with E-state index < -0.39 is 5.92 Å². The smallest absolute Gasteiger partial charge is 0.140 e. The number of allylic oxidation sites excluding steroid dienone is 1. The van der Waals surface area contributed by atoms with Gasteiger partial charge in [0.25, 0.3) is 0 Å². The molecule has 0 saturated carbocycles. The molecule has 22 heavy (non-hydrogen) atoms. The lowest BCUT2D eigenvalue weighted by Gasteiger charge is -2.19. The molecule has 4 heteroatoms. The van der Waals surface area contributed by atoms with E-state index >= 15 is 0 Å². The van der Waals surface area contributed by atoms with Crippen LogP contribution in [0.2, 0.25) is 0 Å². The average molecular weight is 371 g/mol. The molecule has 0 unspecified atom stereocenters. The summed E-state index contributed by atoms with van der Waals surface area (Å²) in [7, 11) is 0. The molecule has 2 aromatic rings. The molecule has 1 aromatic heterocycles. The lowest BCUT2D eigenvalue weighted by molar-refractivity contribution is 0.604. The van der Waals surface area contributed by atoms with E-state index in [0.717, 1.165) is 10.0 Å². The maximum atomic E-state index is 9.31. The van der Waals surface area contributed by atoms with Crippen LogP contribution in [0.1, 0.15) is 29.7 Å². The molecule has 1 heterocycles. The minimum absolute atomic E-state index is 0.137. The van der Waals surface area contributed by atoms with Gasteiger partial charge in [-0.1, -0.05) is 45.8 Å². The van der Waals surface area contributed by atoms with Crippen molar-refractivity contribution in [2.24, 2.45) is 5.92 Å². The summed E-state index contributed by atoms with van der Waals surface area (Å²) in [4.78, 5) is 1.19. The highest BCUT2D eigenvalue weighted by atomic mass is 79.9. The van der Waals surface area contributed by atoms with Gasteiger partial charge in [-0.15, -0.1) is 11.3 Å². The van der Waals surface area contributed by atoms with Crippen molar-refractivity contribution >= 4 is 33.3 Å². The highest BCUT2D eigenvalue weighted by Crippen LogP contribution is 2.35. The second kappa shape index (κ2) is 7.94. The number of halogens is 1. The van der Waals surface area contributed by atoms with E-state index in [-0.39, 0.29) is 5.92 Å². The monoisotopic (exact) mass is 370 g/mol. The summed E-state index contributed by atoms with van der Waals surface area (Å²) in [5, 5.41) is 20.7. The molecule has 0 amide bonds. The van der Waals surface area contributed by atoms with Gasteiger partial charge in [0.2, 0.25) is 0 Å². The van der Waals surface area contributed by atoms with Crippen LogP contribution < -0.4 is 0 Å². The van der Waals surface area contributed by atoms with Gasteiger partial charge in [-0.2, -0.15) is 10.5 Å². The lowest BCUT2D eigenvalue weighted by atomic mass is 9.83. The molecule has 2 nitrogen and oxygen atoms in total. The topological polar surface area (TPSA) is 47.6 Å². The Kier molecular flexibility index (Phi) is 5.95. The summed E-state index contributed by atoms with van der Waals surface area (Å²) in [6, 6.07) is 16.2. The number of benzene rings is 1. The van der Waals surface area contributed by atoms with Crippen LogP contribution in [-0.4, -0.2) is 0 Å². The van der Waals surface area contributed by atoms with Gasteiger partial charge in [0.05, 0.1) is 12.1 Å². The number of hydrogen-bond donors (Lipinski definition) is 0. The molecule has 1 atom stereocenters. The first kappa shape index (κ1) is 16.5. The second-order valence-corrected chi connectivity index (χ2v) is 6.91. The number of rotatable bonds is 5. The first-order valence-electron chi connectivity index (χ1n) is 6.90. The first-order valence-corrected chi connectivity index (χ1v) is 8.57.